The molecule has 3 rings (SSSR count). The van der Waals surface area contributed by atoms with Crippen molar-refractivity contribution in [3.05, 3.63) is 96.6 Å². The minimum Gasteiger partial charge on any atom is -0.312 e. The standard InChI is InChI=1S/C20H19N2O2P/c21-22-20(23)19(16-10-4-1-5-11-16)25(24,17-12-6-2-7-13-17)18-14-8-3-9-15-18/h1-15,19H,21H2,(H,22,23). The highest BCUT2D eigenvalue weighted by Crippen LogP contribution is 2.57. The minimum absolute atomic E-state index is 0.470. The third-order valence-corrected chi connectivity index (χ3v) is 7.54. The zero-order valence-electron chi connectivity index (χ0n) is 13.6. The molecule has 25 heavy (non-hydrogen) atoms. The fourth-order valence-corrected chi connectivity index (χ4v) is 6.11. The van der Waals surface area contributed by atoms with Crippen LogP contribution in [0.1, 0.15) is 11.2 Å². The molecule has 126 valence electrons. The molecule has 1 atom stereocenters. The number of carbonyl (C=O) groups excluding carboxylic acids is 1. The van der Waals surface area contributed by atoms with Crippen LogP contribution in [0, 0.1) is 0 Å². The van der Waals surface area contributed by atoms with E-state index in [1.54, 1.807) is 36.4 Å². The highest BCUT2D eigenvalue weighted by atomic mass is 31.2. The smallest absolute Gasteiger partial charge is 0.249 e. The number of hydrogen-bond donors (Lipinski definition) is 2. The third-order valence-electron chi connectivity index (χ3n) is 4.15. The van der Waals surface area contributed by atoms with Crippen molar-refractivity contribution < 1.29 is 9.36 Å². The van der Waals surface area contributed by atoms with E-state index in [0.29, 0.717) is 16.2 Å². The summed E-state index contributed by atoms with van der Waals surface area (Å²) in [7, 11) is -3.32. The summed E-state index contributed by atoms with van der Waals surface area (Å²) in [4.78, 5) is 12.7. The summed E-state index contributed by atoms with van der Waals surface area (Å²) >= 11 is 0. The average Bonchev–Trinajstić information content (AvgIpc) is 2.70. The van der Waals surface area contributed by atoms with Crippen LogP contribution in [0.3, 0.4) is 0 Å². The van der Waals surface area contributed by atoms with Crippen molar-refractivity contribution in [2.75, 3.05) is 0 Å². The van der Waals surface area contributed by atoms with Crippen LogP contribution in [0.5, 0.6) is 0 Å². The second-order valence-electron chi connectivity index (χ2n) is 5.65. The van der Waals surface area contributed by atoms with Gasteiger partial charge in [-0.3, -0.25) is 10.2 Å². The Hall–Kier alpha value is -2.68. The van der Waals surface area contributed by atoms with E-state index < -0.39 is 18.7 Å². The Labute approximate surface area is 147 Å². The highest BCUT2D eigenvalue weighted by Gasteiger charge is 2.42. The van der Waals surface area contributed by atoms with Crippen LogP contribution in [-0.4, -0.2) is 5.91 Å². The number of hydrogen-bond acceptors (Lipinski definition) is 3. The molecule has 3 aromatic rings. The summed E-state index contributed by atoms with van der Waals surface area (Å²) in [6.45, 7) is 0. The summed E-state index contributed by atoms with van der Waals surface area (Å²) in [5, 5.41) is 1.25. The van der Waals surface area contributed by atoms with Crippen LogP contribution in [0.25, 0.3) is 0 Å². The minimum atomic E-state index is -3.32. The van der Waals surface area contributed by atoms with Crippen molar-refractivity contribution >= 4 is 23.7 Å². The van der Waals surface area contributed by atoms with E-state index in [1.807, 2.05) is 54.6 Å². The normalized spacial score (nSPS) is 12.4. The predicted octanol–water partition coefficient (Wildman–Crippen LogP) is 2.73. The number of carbonyl (C=O) groups is 1. The first-order valence-electron chi connectivity index (χ1n) is 7.94. The summed E-state index contributed by atoms with van der Waals surface area (Å²) < 4.78 is 14.4. The van der Waals surface area contributed by atoms with Gasteiger partial charge in [0, 0.05) is 10.6 Å². The van der Waals surface area contributed by atoms with Crippen molar-refractivity contribution in [2.24, 2.45) is 5.84 Å². The molecular weight excluding hydrogens is 331 g/mol. The molecule has 0 aliphatic heterocycles. The van der Waals surface area contributed by atoms with Gasteiger partial charge in [0.1, 0.15) is 5.66 Å². The van der Waals surface area contributed by atoms with Crippen LogP contribution in [0.15, 0.2) is 91.0 Å². The molecule has 0 heterocycles. The van der Waals surface area contributed by atoms with E-state index in [2.05, 4.69) is 5.43 Å². The molecule has 0 bridgehead atoms. The van der Waals surface area contributed by atoms with Gasteiger partial charge in [0.15, 0.2) is 7.14 Å². The Bertz CT molecular complexity index is 840. The highest BCUT2D eigenvalue weighted by molar-refractivity contribution is 7.79. The number of benzene rings is 3. The summed E-state index contributed by atoms with van der Waals surface area (Å²) in [6.07, 6.45) is 0. The van der Waals surface area contributed by atoms with E-state index in [1.165, 1.54) is 0 Å². The third kappa shape index (κ3) is 3.27. The van der Waals surface area contributed by atoms with Gasteiger partial charge >= 0.3 is 0 Å². The lowest BCUT2D eigenvalue weighted by Crippen LogP contribution is -2.38. The molecule has 0 fully saturated rings. The molecule has 0 saturated carbocycles. The Morgan fingerprint density at radius 2 is 1.16 bits per heavy atom. The van der Waals surface area contributed by atoms with Crippen LogP contribution in [0.4, 0.5) is 0 Å². The summed E-state index contributed by atoms with van der Waals surface area (Å²) in [6, 6.07) is 27.3. The maximum absolute atomic E-state index is 14.4. The number of rotatable bonds is 5. The van der Waals surface area contributed by atoms with E-state index >= 15 is 0 Å². The fourth-order valence-electron chi connectivity index (χ4n) is 2.99. The van der Waals surface area contributed by atoms with Gasteiger partial charge in [-0.05, 0) is 5.56 Å². The number of hydrazine groups is 1. The number of nitrogens with two attached hydrogens (primary N) is 1. The molecule has 1 unspecified atom stereocenters. The first kappa shape index (κ1) is 17.2. The zero-order chi connectivity index (χ0) is 17.7. The van der Waals surface area contributed by atoms with E-state index in [-0.39, 0.29) is 0 Å². The summed E-state index contributed by atoms with van der Waals surface area (Å²) in [5.41, 5.74) is 1.97. The largest absolute Gasteiger partial charge is 0.312 e. The average molecular weight is 350 g/mol. The second kappa shape index (κ2) is 7.47. The van der Waals surface area contributed by atoms with Gasteiger partial charge in [-0.25, -0.2) is 5.84 Å². The first-order valence-corrected chi connectivity index (χ1v) is 9.72. The van der Waals surface area contributed by atoms with E-state index in [4.69, 9.17) is 5.84 Å². The zero-order valence-corrected chi connectivity index (χ0v) is 14.5. The topological polar surface area (TPSA) is 72.2 Å². The van der Waals surface area contributed by atoms with Crippen molar-refractivity contribution in [3.8, 4) is 0 Å². The monoisotopic (exact) mass is 350 g/mol. The molecule has 0 aliphatic rings. The molecule has 0 spiro atoms. The molecular formula is C20H19N2O2P. The molecule has 0 radical (unpaired) electrons. The SMILES string of the molecule is NNC(=O)C(c1ccccc1)P(=O)(c1ccccc1)c1ccccc1. The molecule has 0 aromatic heterocycles. The van der Waals surface area contributed by atoms with Crippen molar-refractivity contribution in [1.29, 1.82) is 0 Å². The first-order chi connectivity index (χ1) is 12.2. The van der Waals surface area contributed by atoms with Gasteiger partial charge < -0.3 is 4.57 Å². The van der Waals surface area contributed by atoms with Crippen LogP contribution >= 0.6 is 7.14 Å². The van der Waals surface area contributed by atoms with Gasteiger partial charge in [-0.15, -0.1) is 0 Å². The second-order valence-corrected chi connectivity index (χ2v) is 8.52. The summed E-state index contributed by atoms with van der Waals surface area (Å²) in [5.74, 6) is 4.97. The quantitative estimate of drug-likeness (QED) is 0.322. The van der Waals surface area contributed by atoms with Gasteiger partial charge in [0.05, 0.1) is 0 Å². The lowest BCUT2D eigenvalue weighted by molar-refractivity contribution is -0.120. The van der Waals surface area contributed by atoms with Crippen molar-refractivity contribution in [3.63, 3.8) is 0 Å². The number of amides is 1. The van der Waals surface area contributed by atoms with E-state index in [0.717, 1.165) is 0 Å². The van der Waals surface area contributed by atoms with Gasteiger partial charge in [0.2, 0.25) is 5.91 Å². The van der Waals surface area contributed by atoms with Crippen molar-refractivity contribution in [1.82, 2.24) is 5.43 Å². The Kier molecular flexibility index (Phi) is 5.13. The lowest BCUT2D eigenvalue weighted by Gasteiger charge is -2.27. The number of nitrogens with one attached hydrogen (secondary N) is 1. The van der Waals surface area contributed by atoms with Gasteiger partial charge in [-0.2, -0.15) is 0 Å². The Morgan fingerprint density at radius 3 is 1.56 bits per heavy atom. The molecule has 3 N–H and O–H groups in total. The van der Waals surface area contributed by atoms with Gasteiger partial charge in [0.25, 0.3) is 0 Å². The van der Waals surface area contributed by atoms with Crippen LogP contribution < -0.4 is 21.9 Å². The Balaban J connectivity index is 2.29. The molecule has 3 aromatic carbocycles. The van der Waals surface area contributed by atoms with Crippen LogP contribution in [0.2, 0.25) is 0 Å². The molecule has 1 amide bonds. The lowest BCUT2D eigenvalue weighted by atomic mass is 10.1. The molecule has 0 saturated heterocycles. The van der Waals surface area contributed by atoms with Gasteiger partial charge in [-0.1, -0.05) is 91.0 Å². The van der Waals surface area contributed by atoms with E-state index in [9.17, 15) is 9.36 Å². The Morgan fingerprint density at radius 1 is 0.760 bits per heavy atom. The van der Waals surface area contributed by atoms with Crippen molar-refractivity contribution in [2.45, 2.75) is 5.66 Å². The molecule has 5 heteroatoms. The molecule has 4 nitrogen and oxygen atoms in total. The maximum Gasteiger partial charge on any atom is 0.249 e. The van der Waals surface area contributed by atoms with Crippen LogP contribution in [-0.2, 0) is 9.36 Å². The maximum atomic E-state index is 14.4. The fraction of sp³-hybridized carbons (Fsp3) is 0.0500. The molecule has 0 aliphatic carbocycles. The predicted molar refractivity (Wildman–Crippen MR) is 101 cm³/mol.